The average Bonchev–Trinajstić information content (AvgIpc) is 3.40. The van der Waals surface area contributed by atoms with E-state index < -0.39 is 36.2 Å². The molecule has 2 heterocycles. The van der Waals surface area contributed by atoms with Gasteiger partial charge in [-0.25, -0.2) is 9.59 Å². The number of esters is 2. The quantitative estimate of drug-likeness (QED) is 0.0444. The highest BCUT2D eigenvalue weighted by atomic mass is 35.5. The molecule has 6 rings (SSSR count). The zero-order valence-electron chi connectivity index (χ0n) is 40.6. The summed E-state index contributed by atoms with van der Waals surface area (Å²) >= 11 is 13.7. The summed E-state index contributed by atoms with van der Waals surface area (Å²) in [7, 11) is 2.48. The van der Waals surface area contributed by atoms with Crippen molar-refractivity contribution in [2.75, 3.05) is 27.4 Å². The first-order valence-electron chi connectivity index (χ1n) is 22.5. The summed E-state index contributed by atoms with van der Waals surface area (Å²) in [5.74, 6) is 0.146. The Morgan fingerprint density at radius 3 is 1.33 bits per heavy atom. The number of methoxy groups -OCH3 is 2. The maximum absolute atomic E-state index is 12.5. The number of hydrogen-bond acceptors (Lipinski definition) is 16. The number of nitrogens with zero attached hydrogens (tertiary/aromatic N) is 4. The molecule has 0 bridgehead atoms. The maximum Gasteiger partial charge on any atom is 0.328 e. The van der Waals surface area contributed by atoms with Gasteiger partial charge in [0.25, 0.3) is 0 Å². The monoisotopic (exact) mass is 1020 g/mol. The summed E-state index contributed by atoms with van der Waals surface area (Å²) in [6.45, 7) is 6.58. The Balaban J connectivity index is 1.22. The van der Waals surface area contributed by atoms with Gasteiger partial charge in [-0.15, -0.1) is 0 Å². The third-order valence-electron chi connectivity index (χ3n) is 12.1. The molecular formula is C54H54Cl2N6O10. The fourth-order valence-electron chi connectivity index (χ4n) is 7.49. The number of rotatable bonds is 23. The van der Waals surface area contributed by atoms with Crippen molar-refractivity contribution in [3.8, 4) is 46.3 Å². The number of aromatic nitrogens is 2. The van der Waals surface area contributed by atoms with Crippen LogP contribution in [0.3, 0.4) is 0 Å². The maximum atomic E-state index is 12.5. The molecule has 16 nitrogen and oxygen atoms in total. The van der Waals surface area contributed by atoms with Crippen molar-refractivity contribution >= 4 is 35.1 Å². The first kappa shape index (κ1) is 54.1. The van der Waals surface area contributed by atoms with Crippen LogP contribution in [-0.2, 0) is 58.6 Å². The highest BCUT2D eigenvalue weighted by molar-refractivity contribution is 6.32. The lowest BCUT2D eigenvalue weighted by Crippen LogP contribution is -2.52. The third kappa shape index (κ3) is 13.2. The van der Waals surface area contributed by atoms with Crippen LogP contribution in [0.5, 0.6) is 23.0 Å². The molecule has 6 aromatic rings. The van der Waals surface area contributed by atoms with Gasteiger partial charge >= 0.3 is 11.9 Å². The lowest BCUT2D eigenvalue weighted by Gasteiger charge is -2.26. The Bertz CT molecular complexity index is 2810. The summed E-state index contributed by atoms with van der Waals surface area (Å²) in [5.41, 5.74) is 6.06. The Morgan fingerprint density at radius 2 is 0.972 bits per heavy atom. The van der Waals surface area contributed by atoms with Gasteiger partial charge in [0.15, 0.2) is 0 Å². The van der Waals surface area contributed by atoms with Gasteiger partial charge in [-0.1, -0.05) is 59.6 Å². The number of nitriles is 2. The van der Waals surface area contributed by atoms with E-state index in [1.807, 2.05) is 50.2 Å². The number of hydrogen-bond donors (Lipinski definition) is 4. The molecule has 0 aliphatic heterocycles. The molecule has 0 aliphatic rings. The molecule has 4 N–H and O–H groups in total. The fraction of sp³-hybridized carbons (Fsp3) is 0.296. The van der Waals surface area contributed by atoms with Crippen LogP contribution in [0.4, 0.5) is 0 Å². The van der Waals surface area contributed by atoms with Crippen molar-refractivity contribution in [2.24, 2.45) is 0 Å². The molecule has 1 unspecified atom stereocenters. The number of carbonyl (C=O) groups is 2. The normalized spacial score (nSPS) is 12.6. The zero-order valence-corrected chi connectivity index (χ0v) is 42.1. The highest BCUT2D eigenvalue weighted by Crippen LogP contribution is 2.38. The van der Waals surface area contributed by atoms with Crippen molar-refractivity contribution in [3.05, 3.63) is 163 Å². The summed E-state index contributed by atoms with van der Waals surface area (Å²) < 4.78 is 35.1. The summed E-state index contributed by atoms with van der Waals surface area (Å²) in [5, 5.41) is 45.6. The van der Waals surface area contributed by atoms with E-state index in [0.29, 0.717) is 56.4 Å². The van der Waals surface area contributed by atoms with E-state index in [0.717, 1.165) is 33.4 Å². The smallest absolute Gasteiger partial charge is 0.328 e. The van der Waals surface area contributed by atoms with E-state index in [1.165, 1.54) is 40.5 Å². The SMILES string of the molecule is COC(=O)C(C)(CO)NCc1cc(Cl)c(OCc2cccc(-c3cccc(COc4cc(OCc5cncc(C#N)c5)c(CN[C@@](C)(CO)C(=O)OC)cc4Cl)c3C)c2C)cc1OCc1cncc(C#N)c1. The summed E-state index contributed by atoms with van der Waals surface area (Å²) in [6.07, 6.45) is 6.10. The Morgan fingerprint density at radius 1 is 0.583 bits per heavy atom. The van der Waals surface area contributed by atoms with Gasteiger partial charge in [-0.05, 0) is 85.3 Å². The second-order valence-corrected chi connectivity index (χ2v) is 18.0. The number of aliphatic hydroxyl groups is 2. The van der Waals surface area contributed by atoms with Gasteiger partial charge in [-0.3, -0.25) is 20.6 Å². The fourth-order valence-corrected chi connectivity index (χ4v) is 7.97. The van der Waals surface area contributed by atoms with Gasteiger partial charge in [-0.2, -0.15) is 10.5 Å². The van der Waals surface area contributed by atoms with Crippen LogP contribution < -0.4 is 29.6 Å². The number of aliphatic hydroxyl groups excluding tert-OH is 2. The minimum absolute atomic E-state index is 0.0614. The second-order valence-electron chi connectivity index (χ2n) is 17.2. The molecule has 0 radical (unpaired) electrons. The first-order chi connectivity index (χ1) is 34.6. The second kappa shape index (κ2) is 24.7. The molecule has 0 saturated heterocycles. The minimum Gasteiger partial charge on any atom is -0.488 e. The van der Waals surface area contributed by atoms with Gasteiger partial charge in [0.05, 0.1) is 48.6 Å². The minimum atomic E-state index is -1.40. The molecular weight excluding hydrogens is 964 g/mol. The number of carbonyl (C=O) groups excluding carboxylic acids is 2. The third-order valence-corrected chi connectivity index (χ3v) is 12.6. The van der Waals surface area contributed by atoms with Crippen LogP contribution in [0.15, 0.2) is 97.6 Å². The molecule has 2 aromatic heterocycles. The topological polar surface area (TPSA) is 227 Å². The van der Waals surface area contributed by atoms with E-state index in [-0.39, 0.29) is 49.6 Å². The van der Waals surface area contributed by atoms with Crippen LogP contribution in [0.2, 0.25) is 10.0 Å². The number of nitrogens with one attached hydrogen (secondary N) is 2. The predicted molar refractivity (Wildman–Crippen MR) is 268 cm³/mol. The van der Waals surface area contributed by atoms with Crippen LogP contribution >= 0.6 is 23.2 Å². The molecule has 0 aliphatic carbocycles. The van der Waals surface area contributed by atoms with Gasteiger partial charge in [0.1, 0.15) is 72.6 Å². The largest absolute Gasteiger partial charge is 0.488 e. The van der Waals surface area contributed by atoms with Crippen LogP contribution in [-0.4, -0.2) is 70.6 Å². The molecule has 4 aromatic carbocycles. The molecule has 0 fully saturated rings. The van der Waals surface area contributed by atoms with Gasteiger partial charge in [0.2, 0.25) is 0 Å². The predicted octanol–water partition coefficient (Wildman–Crippen LogP) is 8.15. The van der Waals surface area contributed by atoms with Gasteiger partial charge < -0.3 is 38.6 Å². The molecule has 0 spiro atoms. The molecule has 374 valence electrons. The van der Waals surface area contributed by atoms with Crippen molar-refractivity contribution in [1.82, 2.24) is 20.6 Å². The zero-order chi connectivity index (χ0) is 52.0. The van der Waals surface area contributed by atoms with Crippen molar-refractivity contribution in [3.63, 3.8) is 0 Å². The standard InChI is InChI=1S/C54H54Cl2N6O10/c1-33-39(29-71-49-17-47(69-27-37-13-35(19-57)21-59-23-37)41(15-45(49)55)25-61-53(3,31-63)51(65)67-5)9-7-11-43(33)44-12-8-10-40(34(44)2)30-72-50-18-48(70-28-38-14-36(20-58)22-60-24-38)42(16-46(50)56)26-62-54(4,32-64)52(66)68-6/h7-18,21-24,61-64H,25-32H2,1-6H3/t53-,54?/m0/s1. The van der Waals surface area contributed by atoms with E-state index >= 15 is 0 Å². The Labute approximate surface area is 428 Å². The molecule has 0 saturated carbocycles. The molecule has 18 heteroatoms. The number of benzene rings is 4. The summed E-state index contributed by atoms with van der Waals surface area (Å²) in [4.78, 5) is 33.3. The van der Waals surface area contributed by atoms with Crippen molar-refractivity contribution in [1.29, 1.82) is 10.5 Å². The van der Waals surface area contributed by atoms with Crippen molar-refractivity contribution < 1.29 is 48.2 Å². The Hall–Kier alpha value is -7.28. The lowest BCUT2D eigenvalue weighted by atomic mass is 9.92. The number of ether oxygens (including phenoxy) is 6. The molecule has 2 atom stereocenters. The van der Waals surface area contributed by atoms with E-state index in [9.17, 15) is 30.3 Å². The first-order valence-corrected chi connectivity index (χ1v) is 23.2. The van der Waals surface area contributed by atoms with Crippen LogP contribution in [0, 0.1) is 36.5 Å². The lowest BCUT2D eigenvalue weighted by molar-refractivity contribution is -0.150. The highest BCUT2D eigenvalue weighted by Gasteiger charge is 2.35. The Kier molecular flexibility index (Phi) is 18.6. The van der Waals surface area contributed by atoms with Crippen molar-refractivity contribution in [2.45, 2.75) is 78.3 Å². The van der Waals surface area contributed by atoms with E-state index in [4.69, 9.17) is 51.6 Å². The molecule has 72 heavy (non-hydrogen) atoms. The molecule has 0 amide bonds. The average molecular weight is 1020 g/mol. The van der Waals surface area contributed by atoms with E-state index in [2.05, 4.69) is 32.7 Å². The number of pyridine rings is 2. The van der Waals surface area contributed by atoms with Gasteiger partial charge in [0, 0.05) is 72.3 Å². The van der Waals surface area contributed by atoms with Crippen LogP contribution in [0.25, 0.3) is 11.1 Å². The number of halogens is 2. The summed E-state index contributed by atoms with van der Waals surface area (Å²) in [6, 6.07) is 26.1. The van der Waals surface area contributed by atoms with E-state index in [1.54, 1.807) is 48.8 Å². The van der Waals surface area contributed by atoms with Crippen LogP contribution in [0.1, 0.15) is 69.5 Å².